The number of aliphatic hydroxyl groups is 3. The molecule has 0 rings (SSSR count). The molecular weight excluding hydrogens is 234 g/mol. The molecule has 0 saturated heterocycles. The fourth-order valence-corrected chi connectivity index (χ4v) is 0.914. The summed E-state index contributed by atoms with van der Waals surface area (Å²) in [6.07, 6.45) is 0. The lowest BCUT2D eigenvalue weighted by Gasteiger charge is -2.28. The smallest absolute Gasteiger partial charge is 0.102 e. The molecule has 0 aromatic rings. The summed E-state index contributed by atoms with van der Waals surface area (Å²) in [5.74, 6) is 0. The highest BCUT2D eigenvalue weighted by Crippen LogP contribution is 2.14. The molecule has 6 heteroatoms. The van der Waals surface area contributed by atoms with Crippen molar-refractivity contribution in [2.75, 3.05) is 60.7 Å². The molecule has 0 aromatic heterocycles. The topological polar surface area (TPSA) is 69.9 Å². The largest absolute Gasteiger partial charge is 1.00 e. The Kier molecular flexibility index (Phi) is 9.48. The van der Waals surface area contributed by atoms with Crippen molar-refractivity contribution in [1.82, 2.24) is 0 Å². The van der Waals surface area contributed by atoms with Crippen LogP contribution in [0.3, 0.4) is 0 Å². The summed E-state index contributed by atoms with van der Waals surface area (Å²) in [7, 11) is 6.17. The average molecular weight is 258 g/mol. The predicted molar refractivity (Wildman–Crippen MR) is 57.4 cm³/mol. The van der Waals surface area contributed by atoms with Crippen molar-refractivity contribution in [3.05, 3.63) is 0 Å². The second-order valence-electron chi connectivity index (χ2n) is 5.04. The van der Waals surface area contributed by atoms with Crippen LogP contribution in [-0.4, -0.2) is 80.5 Å². The first-order valence-corrected chi connectivity index (χ1v) is 5.10. The maximum absolute atomic E-state index is 9.03. The molecule has 0 fully saturated rings. The van der Waals surface area contributed by atoms with Crippen molar-refractivity contribution >= 4 is 0 Å². The van der Waals surface area contributed by atoms with Crippen LogP contribution >= 0.6 is 0 Å². The van der Waals surface area contributed by atoms with Crippen LogP contribution in [0.25, 0.3) is 0 Å². The SMILES string of the molecule is C[N+](C)(C)CCOCC(CO)(CO)CO.[Cl-]. The highest BCUT2D eigenvalue weighted by Gasteiger charge is 2.28. The van der Waals surface area contributed by atoms with E-state index in [0.29, 0.717) is 6.61 Å². The summed E-state index contributed by atoms with van der Waals surface area (Å²) < 4.78 is 6.15. The minimum Gasteiger partial charge on any atom is -1.00 e. The summed E-state index contributed by atoms with van der Waals surface area (Å²) in [6, 6.07) is 0. The van der Waals surface area contributed by atoms with E-state index in [9.17, 15) is 0 Å². The molecule has 3 N–H and O–H groups in total. The summed E-state index contributed by atoms with van der Waals surface area (Å²) in [4.78, 5) is 0. The summed E-state index contributed by atoms with van der Waals surface area (Å²) >= 11 is 0. The van der Waals surface area contributed by atoms with E-state index in [1.807, 2.05) is 0 Å². The minimum absolute atomic E-state index is 0. The molecule has 0 spiro atoms. The molecule has 0 heterocycles. The van der Waals surface area contributed by atoms with Gasteiger partial charge < -0.3 is 36.9 Å². The third-order valence-corrected chi connectivity index (χ3v) is 2.32. The summed E-state index contributed by atoms with van der Waals surface area (Å²) in [5.41, 5.74) is -0.912. The first kappa shape index (κ1) is 18.5. The minimum atomic E-state index is -0.912. The van der Waals surface area contributed by atoms with Gasteiger partial charge in [0.2, 0.25) is 0 Å². The molecule has 0 aliphatic heterocycles. The van der Waals surface area contributed by atoms with Crippen LogP contribution in [0.2, 0.25) is 0 Å². The lowest BCUT2D eigenvalue weighted by molar-refractivity contribution is -0.870. The van der Waals surface area contributed by atoms with E-state index < -0.39 is 5.41 Å². The molecule has 0 amide bonds. The van der Waals surface area contributed by atoms with E-state index in [-0.39, 0.29) is 38.8 Å². The zero-order chi connectivity index (χ0) is 11.9. The van der Waals surface area contributed by atoms with Gasteiger partial charge in [-0.25, -0.2) is 0 Å². The van der Waals surface area contributed by atoms with Gasteiger partial charge in [0.15, 0.2) is 0 Å². The van der Waals surface area contributed by atoms with Crippen LogP contribution < -0.4 is 12.4 Å². The van der Waals surface area contributed by atoms with E-state index in [1.165, 1.54) is 0 Å². The van der Waals surface area contributed by atoms with Crippen molar-refractivity contribution in [3.8, 4) is 0 Å². The summed E-state index contributed by atoms with van der Waals surface area (Å²) in [5, 5.41) is 27.1. The molecule has 16 heavy (non-hydrogen) atoms. The monoisotopic (exact) mass is 257 g/mol. The van der Waals surface area contributed by atoms with Crippen LogP contribution in [-0.2, 0) is 4.74 Å². The fraction of sp³-hybridized carbons (Fsp3) is 1.00. The number of likely N-dealkylation sites (N-methyl/N-ethyl adjacent to an activating group) is 1. The molecule has 0 aliphatic rings. The first-order valence-electron chi connectivity index (χ1n) is 5.10. The molecule has 0 saturated carbocycles. The van der Waals surface area contributed by atoms with Gasteiger partial charge in [-0.3, -0.25) is 0 Å². The van der Waals surface area contributed by atoms with Gasteiger partial charge >= 0.3 is 0 Å². The number of halogens is 1. The Labute approximate surface area is 104 Å². The third-order valence-electron chi connectivity index (χ3n) is 2.32. The number of hydrogen-bond acceptors (Lipinski definition) is 4. The number of ether oxygens (including phenoxy) is 1. The lowest BCUT2D eigenvalue weighted by atomic mass is 9.93. The van der Waals surface area contributed by atoms with E-state index in [1.54, 1.807) is 0 Å². The molecule has 0 radical (unpaired) electrons. The van der Waals surface area contributed by atoms with E-state index in [4.69, 9.17) is 20.1 Å². The van der Waals surface area contributed by atoms with Crippen molar-refractivity contribution in [3.63, 3.8) is 0 Å². The molecule has 0 unspecified atom stereocenters. The van der Waals surface area contributed by atoms with Crippen LogP contribution in [0, 0.1) is 5.41 Å². The molecular formula is C10H24ClNO4. The second-order valence-corrected chi connectivity index (χ2v) is 5.04. The van der Waals surface area contributed by atoms with Gasteiger partial charge in [0.05, 0.1) is 59.6 Å². The molecule has 5 nitrogen and oxygen atoms in total. The van der Waals surface area contributed by atoms with Crippen molar-refractivity contribution < 1.29 is 36.9 Å². The quantitative estimate of drug-likeness (QED) is 0.304. The Morgan fingerprint density at radius 1 is 1.00 bits per heavy atom. The normalized spacial score (nSPS) is 12.4. The Balaban J connectivity index is 0. The predicted octanol–water partition coefficient (Wildman–Crippen LogP) is -4.32. The summed E-state index contributed by atoms with van der Waals surface area (Å²) in [6.45, 7) is 0.749. The van der Waals surface area contributed by atoms with Gasteiger partial charge in [-0.05, 0) is 0 Å². The van der Waals surface area contributed by atoms with Crippen molar-refractivity contribution in [2.24, 2.45) is 5.41 Å². The Bertz CT molecular complexity index is 160. The van der Waals surface area contributed by atoms with Crippen molar-refractivity contribution in [1.29, 1.82) is 0 Å². The van der Waals surface area contributed by atoms with Crippen molar-refractivity contribution in [2.45, 2.75) is 0 Å². The lowest BCUT2D eigenvalue weighted by Crippen LogP contribution is -3.00. The third kappa shape index (κ3) is 7.38. The Morgan fingerprint density at radius 2 is 1.44 bits per heavy atom. The Morgan fingerprint density at radius 3 is 1.75 bits per heavy atom. The van der Waals surface area contributed by atoms with Gasteiger partial charge in [-0.1, -0.05) is 0 Å². The molecule has 0 bridgehead atoms. The van der Waals surface area contributed by atoms with Crippen LogP contribution in [0.15, 0.2) is 0 Å². The van der Waals surface area contributed by atoms with Crippen LogP contribution in [0.4, 0.5) is 0 Å². The second kappa shape index (κ2) is 8.22. The van der Waals surface area contributed by atoms with Crippen LogP contribution in [0.5, 0.6) is 0 Å². The van der Waals surface area contributed by atoms with E-state index >= 15 is 0 Å². The zero-order valence-corrected chi connectivity index (χ0v) is 11.1. The Hall–Kier alpha value is 0.0900. The number of nitrogens with zero attached hydrogens (tertiary/aromatic N) is 1. The average Bonchev–Trinajstić information content (AvgIpc) is 2.18. The van der Waals surface area contributed by atoms with Gasteiger partial charge in [0, 0.05) is 0 Å². The number of hydrogen-bond donors (Lipinski definition) is 3. The van der Waals surface area contributed by atoms with E-state index in [2.05, 4.69) is 21.1 Å². The molecule has 100 valence electrons. The van der Waals surface area contributed by atoms with Crippen LogP contribution in [0.1, 0.15) is 0 Å². The number of quaternary nitrogens is 1. The number of aliphatic hydroxyl groups excluding tert-OH is 3. The zero-order valence-electron chi connectivity index (χ0n) is 10.3. The first-order chi connectivity index (χ1) is 6.89. The maximum Gasteiger partial charge on any atom is 0.102 e. The van der Waals surface area contributed by atoms with Gasteiger partial charge in [-0.15, -0.1) is 0 Å². The van der Waals surface area contributed by atoms with Gasteiger partial charge in [-0.2, -0.15) is 0 Å². The highest BCUT2D eigenvalue weighted by molar-refractivity contribution is 4.76. The molecule has 0 atom stereocenters. The number of rotatable bonds is 8. The molecule has 0 aromatic carbocycles. The molecule has 0 aliphatic carbocycles. The van der Waals surface area contributed by atoms with Gasteiger partial charge in [0.1, 0.15) is 6.54 Å². The van der Waals surface area contributed by atoms with E-state index in [0.717, 1.165) is 11.0 Å². The van der Waals surface area contributed by atoms with Gasteiger partial charge in [0.25, 0.3) is 0 Å². The fourth-order valence-electron chi connectivity index (χ4n) is 0.914. The maximum atomic E-state index is 9.03. The standard InChI is InChI=1S/C10H24NO4.ClH/c1-11(2,3)4-5-15-9-10(6-12,7-13)8-14;/h12-14H,4-9H2,1-3H3;1H/q+1;/p-1. The highest BCUT2D eigenvalue weighted by atomic mass is 35.5.